The van der Waals surface area contributed by atoms with Crippen LogP contribution in [0.4, 0.5) is 5.69 Å². The van der Waals surface area contributed by atoms with Crippen LogP contribution in [0.15, 0.2) is 36.5 Å². The first-order chi connectivity index (χ1) is 7.68. The van der Waals surface area contributed by atoms with Gasteiger partial charge in [0.05, 0.1) is 16.2 Å². The van der Waals surface area contributed by atoms with Crippen molar-refractivity contribution in [2.45, 2.75) is 0 Å². The Morgan fingerprint density at radius 2 is 2.00 bits per heavy atom. The molecule has 0 aliphatic carbocycles. The number of benzene rings is 1. The van der Waals surface area contributed by atoms with Crippen LogP contribution >= 0.6 is 11.6 Å². The van der Waals surface area contributed by atoms with Crippen molar-refractivity contribution >= 4 is 17.3 Å². The molecular weight excluding hydrogens is 230 g/mol. The van der Waals surface area contributed by atoms with Gasteiger partial charge in [0.25, 0.3) is 5.69 Å². The molecule has 2 aromatic rings. The monoisotopic (exact) mass is 235 g/mol. The van der Waals surface area contributed by atoms with Crippen molar-refractivity contribution in [3.8, 4) is 11.3 Å². The van der Waals surface area contributed by atoms with E-state index in [1.54, 1.807) is 24.3 Å². The van der Waals surface area contributed by atoms with Gasteiger partial charge in [-0.25, -0.2) is 9.97 Å². The van der Waals surface area contributed by atoms with Crippen molar-refractivity contribution in [2.75, 3.05) is 0 Å². The second-order valence-corrected chi connectivity index (χ2v) is 3.32. The van der Waals surface area contributed by atoms with Crippen LogP contribution < -0.4 is 0 Å². The number of nitro benzene ring substituents is 1. The van der Waals surface area contributed by atoms with Crippen LogP contribution in [0.2, 0.25) is 5.28 Å². The first kappa shape index (κ1) is 10.5. The van der Waals surface area contributed by atoms with Gasteiger partial charge in [-0.3, -0.25) is 10.1 Å². The zero-order valence-corrected chi connectivity index (χ0v) is 8.76. The third-order valence-corrected chi connectivity index (χ3v) is 2.18. The van der Waals surface area contributed by atoms with Gasteiger partial charge in [-0.1, -0.05) is 12.1 Å². The fraction of sp³-hybridized carbons (Fsp3) is 0. The van der Waals surface area contributed by atoms with Gasteiger partial charge in [-0.15, -0.1) is 0 Å². The molecule has 1 aromatic carbocycles. The van der Waals surface area contributed by atoms with Gasteiger partial charge in [-0.2, -0.15) is 0 Å². The summed E-state index contributed by atoms with van der Waals surface area (Å²) in [5, 5.41) is 10.9. The van der Waals surface area contributed by atoms with Gasteiger partial charge in [0.1, 0.15) is 0 Å². The van der Waals surface area contributed by atoms with E-state index in [2.05, 4.69) is 9.97 Å². The van der Waals surface area contributed by atoms with Gasteiger partial charge in [0.15, 0.2) is 0 Å². The highest BCUT2D eigenvalue weighted by Gasteiger charge is 2.15. The van der Waals surface area contributed by atoms with E-state index in [1.165, 1.54) is 12.3 Å². The molecule has 0 amide bonds. The molecule has 80 valence electrons. The minimum atomic E-state index is -0.453. The lowest BCUT2D eigenvalue weighted by molar-refractivity contribution is -0.384. The molecule has 0 bridgehead atoms. The van der Waals surface area contributed by atoms with Crippen molar-refractivity contribution in [3.05, 3.63) is 51.9 Å². The third kappa shape index (κ3) is 1.99. The lowest BCUT2D eigenvalue weighted by Gasteiger charge is -2.01. The number of para-hydroxylation sites is 1. The van der Waals surface area contributed by atoms with Gasteiger partial charge in [-0.05, 0) is 23.7 Å². The smallest absolute Gasteiger partial charge is 0.258 e. The zero-order valence-electron chi connectivity index (χ0n) is 8.00. The highest BCUT2D eigenvalue weighted by Crippen LogP contribution is 2.27. The van der Waals surface area contributed by atoms with Crippen LogP contribution in [-0.4, -0.2) is 14.9 Å². The Morgan fingerprint density at radius 3 is 2.69 bits per heavy atom. The van der Waals surface area contributed by atoms with E-state index in [4.69, 9.17) is 11.6 Å². The summed E-state index contributed by atoms with van der Waals surface area (Å²) in [5.74, 6) is 0. The Morgan fingerprint density at radius 1 is 1.25 bits per heavy atom. The standard InChI is InChI=1S/C10H6ClN3O2/c11-10-12-6-5-8(13-10)7-3-1-2-4-9(7)14(15)16/h1-6H. The number of nitro groups is 1. The van der Waals surface area contributed by atoms with E-state index in [-0.39, 0.29) is 11.0 Å². The van der Waals surface area contributed by atoms with E-state index in [0.717, 1.165) is 0 Å². The molecule has 6 heteroatoms. The molecule has 1 heterocycles. The van der Waals surface area contributed by atoms with Crippen LogP contribution in [0.1, 0.15) is 0 Å². The topological polar surface area (TPSA) is 68.9 Å². The summed E-state index contributed by atoms with van der Waals surface area (Å²) < 4.78 is 0. The molecule has 0 saturated carbocycles. The van der Waals surface area contributed by atoms with Crippen LogP contribution in [0.25, 0.3) is 11.3 Å². The molecule has 0 atom stereocenters. The number of hydrogen-bond acceptors (Lipinski definition) is 4. The summed E-state index contributed by atoms with van der Waals surface area (Å²) in [5.41, 5.74) is 0.862. The Balaban J connectivity index is 2.60. The average Bonchev–Trinajstić information content (AvgIpc) is 2.29. The lowest BCUT2D eigenvalue weighted by atomic mass is 10.1. The van der Waals surface area contributed by atoms with Crippen molar-refractivity contribution in [1.29, 1.82) is 0 Å². The zero-order chi connectivity index (χ0) is 11.5. The fourth-order valence-corrected chi connectivity index (χ4v) is 1.48. The van der Waals surface area contributed by atoms with Crippen LogP contribution in [0.3, 0.4) is 0 Å². The van der Waals surface area contributed by atoms with E-state index < -0.39 is 4.92 Å². The van der Waals surface area contributed by atoms with Gasteiger partial charge < -0.3 is 0 Å². The first-order valence-corrected chi connectivity index (χ1v) is 4.78. The summed E-state index contributed by atoms with van der Waals surface area (Å²) in [6.45, 7) is 0. The van der Waals surface area contributed by atoms with E-state index in [0.29, 0.717) is 11.3 Å². The molecule has 5 nitrogen and oxygen atoms in total. The maximum Gasteiger partial charge on any atom is 0.278 e. The van der Waals surface area contributed by atoms with Crippen molar-refractivity contribution in [2.24, 2.45) is 0 Å². The third-order valence-electron chi connectivity index (χ3n) is 2.00. The van der Waals surface area contributed by atoms with Gasteiger partial charge in [0, 0.05) is 12.3 Å². The maximum absolute atomic E-state index is 10.8. The minimum Gasteiger partial charge on any atom is -0.258 e. The molecule has 1 aromatic heterocycles. The molecule has 2 rings (SSSR count). The molecule has 0 saturated heterocycles. The maximum atomic E-state index is 10.8. The van der Waals surface area contributed by atoms with Crippen molar-refractivity contribution in [1.82, 2.24) is 9.97 Å². The quantitative estimate of drug-likeness (QED) is 0.456. The predicted octanol–water partition coefficient (Wildman–Crippen LogP) is 2.71. The number of rotatable bonds is 2. The second kappa shape index (κ2) is 4.24. The molecule has 0 unspecified atom stereocenters. The number of hydrogen-bond donors (Lipinski definition) is 0. The Bertz CT molecular complexity index is 545. The lowest BCUT2D eigenvalue weighted by Crippen LogP contribution is -1.93. The summed E-state index contributed by atoms with van der Waals surface area (Å²) in [6.07, 6.45) is 1.46. The Hall–Kier alpha value is -2.01. The number of aromatic nitrogens is 2. The highest BCUT2D eigenvalue weighted by molar-refractivity contribution is 6.28. The predicted molar refractivity (Wildman–Crippen MR) is 59.1 cm³/mol. The summed E-state index contributed by atoms with van der Waals surface area (Å²) in [4.78, 5) is 18.0. The highest BCUT2D eigenvalue weighted by atomic mass is 35.5. The van der Waals surface area contributed by atoms with E-state index >= 15 is 0 Å². The second-order valence-electron chi connectivity index (χ2n) is 2.99. The van der Waals surface area contributed by atoms with Gasteiger partial charge >= 0.3 is 0 Å². The van der Waals surface area contributed by atoms with E-state index in [9.17, 15) is 10.1 Å². The largest absolute Gasteiger partial charge is 0.278 e. The molecular formula is C10H6ClN3O2. The summed E-state index contributed by atoms with van der Waals surface area (Å²) >= 11 is 5.63. The van der Waals surface area contributed by atoms with Crippen molar-refractivity contribution < 1.29 is 4.92 Å². The van der Waals surface area contributed by atoms with E-state index in [1.807, 2.05) is 0 Å². The molecule has 16 heavy (non-hydrogen) atoms. The fourth-order valence-electron chi connectivity index (χ4n) is 1.33. The van der Waals surface area contributed by atoms with Crippen LogP contribution in [-0.2, 0) is 0 Å². The summed E-state index contributed by atoms with van der Waals surface area (Å²) in [6, 6.07) is 7.93. The normalized spacial score (nSPS) is 10.1. The molecule has 0 aliphatic heterocycles. The molecule has 0 radical (unpaired) electrons. The van der Waals surface area contributed by atoms with Gasteiger partial charge in [0.2, 0.25) is 5.28 Å². The molecule has 0 N–H and O–H groups in total. The van der Waals surface area contributed by atoms with Crippen LogP contribution in [0, 0.1) is 10.1 Å². The Labute approximate surface area is 95.9 Å². The molecule has 0 fully saturated rings. The average molecular weight is 236 g/mol. The SMILES string of the molecule is O=[N+]([O-])c1ccccc1-c1ccnc(Cl)n1. The number of halogens is 1. The first-order valence-electron chi connectivity index (χ1n) is 4.41. The van der Waals surface area contributed by atoms with Crippen molar-refractivity contribution in [3.63, 3.8) is 0 Å². The Kier molecular flexibility index (Phi) is 2.78. The molecule has 0 spiro atoms. The van der Waals surface area contributed by atoms with Crippen LogP contribution in [0.5, 0.6) is 0 Å². The minimum absolute atomic E-state index is 0.00253. The molecule has 0 aliphatic rings. The number of nitrogens with zero attached hydrogens (tertiary/aromatic N) is 3. The summed E-state index contributed by atoms with van der Waals surface area (Å²) in [7, 11) is 0.